The second-order valence-electron chi connectivity index (χ2n) is 7.30. The van der Waals surface area contributed by atoms with E-state index in [4.69, 9.17) is 9.47 Å². The molecule has 0 fully saturated rings. The van der Waals surface area contributed by atoms with Crippen molar-refractivity contribution in [3.8, 4) is 11.5 Å². The Balaban J connectivity index is 2.14. The minimum atomic E-state index is -0.0422. The summed E-state index contributed by atoms with van der Waals surface area (Å²) < 4.78 is 10.7. The van der Waals surface area contributed by atoms with Crippen molar-refractivity contribution in [3.05, 3.63) is 46.2 Å². The van der Waals surface area contributed by atoms with Crippen molar-refractivity contribution >= 4 is 23.2 Å². The summed E-state index contributed by atoms with van der Waals surface area (Å²) in [7, 11) is 3.22. The van der Waals surface area contributed by atoms with Gasteiger partial charge in [0.2, 0.25) is 11.8 Å². The van der Waals surface area contributed by atoms with E-state index in [9.17, 15) is 9.59 Å². The number of carbonyl (C=O) groups excluding carboxylic acids is 2. The van der Waals surface area contributed by atoms with Gasteiger partial charge in [-0.3, -0.25) is 9.59 Å². The fraction of sp³-hybridized carbons (Fsp3) is 0.478. The normalized spacial score (nSPS) is 10.7. The highest BCUT2D eigenvalue weighted by molar-refractivity contribution is 7.09. The Morgan fingerprint density at radius 3 is 2.37 bits per heavy atom. The molecule has 0 saturated carbocycles. The van der Waals surface area contributed by atoms with E-state index in [1.807, 2.05) is 61.4 Å². The summed E-state index contributed by atoms with van der Waals surface area (Å²) in [5.41, 5.74) is 1.06. The molecule has 0 spiro atoms. The standard InChI is InChI=1S/C23H32N2O4S/c1-6-22(26)25(17(2)3)16-23(27)24(15-19-8-7-13-30-19)12-11-18-9-10-20(28-4)21(14-18)29-5/h7-10,13-14,17H,6,11-12,15-16H2,1-5H3. The van der Waals surface area contributed by atoms with Crippen LogP contribution in [-0.2, 0) is 22.6 Å². The van der Waals surface area contributed by atoms with Crippen LogP contribution in [0.5, 0.6) is 11.5 Å². The first-order valence-corrected chi connectivity index (χ1v) is 11.1. The third-order valence-corrected chi connectivity index (χ3v) is 5.81. The predicted octanol–water partition coefficient (Wildman–Crippen LogP) is 3.98. The topological polar surface area (TPSA) is 59.1 Å². The van der Waals surface area contributed by atoms with Crippen molar-refractivity contribution in [3.63, 3.8) is 0 Å². The highest BCUT2D eigenvalue weighted by Gasteiger charge is 2.23. The maximum atomic E-state index is 13.1. The Bertz CT molecular complexity index is 821. The minimum absolute atomic E-state index is 0.00526. The largest absolute Gasteiger partial charge is 0.493 e. The number of benzene rings is 1. The lowest BCUT2D eigenvalue weighted by atomic mass is 10.1. The average molecular weight is 433 g/mol. The summed E-state index contributed by atoms with van der Waals surface area (Å²) in [5.74, 6) is 1.30. The van der Waals surface area contributed by atoms with E-state index in [1.54, 1.807) is 30.5 Å². The van der Waals surface area contributed by atoms with Gasteiger partial charge in [-0.05, 0) is 49.4 Å². The molecule has 1 heterocycles. The van der Waals surface area contributed by atoms with Gasteiger partial charge in [-0.15, -0.1) is 11.3 Å². The zero-order valence-corrected chi connectivity index (χ0v) is 19.3. The first kappa shape index (κ1) is 23.7. The third-order valence-electron chi connectivity index (χ3n) is 4.95. The summed E-state index contributed by atoms with van der Waals surface area (Å²) in [4.78, 5) is 30.0. The lowest BCUT2D eigenvalue weighted by Crippen LogP contribution is -2.45. The van der Waals surface area contributed by atoms with E-state index in [-0.39, 0.29) is 24.4 Å². The van der Waals surface area contributed by atoms with Crippen LogP contribution in [0.1, 0.15) is 37.6 Å². The van der Waals surface area contributed by atoms with E-state index >= 15 is 0 Å². The maximum absolute atomic E-state index is 13.1. The third kappa shape index (κ3) is 6.49. The number of rotatable bonds is 11. The molecule has 0 aliphatic rings. The molecule has 6 nitrogen and oxygen atoms in total. The molecule has 7 heteroatoms. The monoisotopic (exact) mass is 432 g/mol. The second-order valence-corrected chi connectivity index (χ2v) is 8.34. The molecule has 2 rings (SSSR count). The smallest absolute Gasteiger partial charge is 0.242 e. The van der Waals surface area contributed by atoms with Gasteiger partial charge in [0.1, 0.15) is 0 Å². The first-order valence-electron chi connectivity index (χ1n) is 10.2. The molecule has 1 aromatic carbocycles. The van der Waals surface area contributed by atoms with Gasteiger partial charge in [0.05, 0.1) is 27.3 Å². The van der Waals surface area contributed by atoms with Crippen LogP contribution in [0.15, 0.2) is 35.7 Å². The zero-order valence-electron chi connectivity index (χ0n) is 18.5. The molecular weight excluding hydrogens is 400 g/mol. The molecule has 0 N–H and O–H groups in total. The molecular formula is C23H32N2O4S. The predicted molar refractivity (Wildman–Crippen MR) is 120 cm³/mol. The van der Waals surface area contributed by atoms with Crippen molar-refractivity contribution in [2.45, 2.75) is 46.2 Å². The number of hydrogen-bond acceptors (Lipinski definition) is 5. The molecule has 0 aliphatic heterocycles. The SMILES string of the molecule is CCC(=O)N(CC(=O)N(CCc1ccc(OC)c(OC)c1)Cc1cccs1)C(C)C. The molecule has 0 saturated heterocycles. The molecule has 0 aliphatic carbocycles. The first-order chi connectivity index (χ1) is 14.4. The van der Waals surface area contributed by atoms with E-state index in [0.29, 0.717) is 37.4 Å². The Kier molecular flexibility index (Phi) is 9.17. The van der Waals surface area contributed by atoms with E-state index in [0.717, 1.165) is 10.4 Å². The van der Waals surface area contributed by atoms with Gasteiger partial charge in [-0.2, -0.15) is 0 Å². The van der Waals surface area contributed by atoms with Crippen molar-refractivity contribution in [1.82, 2.24) is 9.80 Å². The van der Waals surface area contributed by atoms with Gasteiger partial charge in [0.25, 0.3) is 0 Å². The van der Waals surface area contributed by atoms with Gasteiger partial charge in [-0.1, -0.05) is 19.1 Å². The second kappa shape index (κ2) is 11.6. The van der Waals surface area contributed by atoms with Crippen molar-refractivity contribution in [1.29, 1.82) is 0 Å². The van der Waals surface area contributed by atoms with Crippen LogP contribution in [-0.4, -0.2) is 55.0 Å². The molecule has 2 aromatic rings. The summed E-state index contributed by atoms with van der Waals surface area (Å²) in [6.45, 7) is 6.89. The van der Waals surface area contributed by atoms with Crippen LogP contribution in [0, 0.1) is 0 Å². The van der Waals surface area contributed by atoms with Gasteiger partial charge < -0.3 is 19.3 Å². The van der Waals surface area contributed by atoms with E-state index < -0.39 is 0 Å². The van der Waals surface area contributed by atoms with E-state index in [1.165, 1.54) is 0 Å². The van der Waals surface area contributed by atoms with Gasteiger partial charge in [0, 0.05) is 23.9 Å². The number of hydrogen-bond donors (Lipinski definition) is 0. The molecule has 164 valence electrons. The fourth-order valence-electron chi connectivity index (χ4n) is 3.19. The molecule has 30 heavy (non-hydrogen) atoms. The molecule has 1 aromatic heterocycles. The summed E-state index contributed by atoms with van der Waals surface area (Å²) in [6, 6.07) is 9.79. The van der Waals surface area contributed by atoms with Crippen molar-refractivity contribution in [2.75, 3.05) is 27.3 Å². The number of ether oxygens (including phenoxy) is 2. The summed E-state index contributed by atoms with van der Waals surface area (Å²) in [6.07, 6.45) is 1.07. The number of amides is 2. The quantitative estimate of drug-likeness (QED) is 0.539. The molecule has 0 unspecified atom stereocenters. The van der Waals surface area contributed by atoms with Crippen LogP contribution in [0.25, 0.3) is 0 Å². The Hall–Kier alpha value is -2.54. The van der Waals surface area contributed by atoms with Crippen LogP contribution >= 0.6 is 11.3 Å². The fourth-order valence-corrected chi connectivity index (χ4v) is 3.91. The van der Waals surface area contributed by atoms with Gasteiger partial charge in [0.15, 0.2) is 11.5 Å². The summed E-state index contributed by atoms with van der Waals surface area (Å²) >= 11 is 1.63. The van der Waals surface area contributed by atoms with E-state index in [2.05, 4.69) is 0 Å². The summed E-state index contributed by atoms with van der Waals surface area (Å²) in [5, 5.41) is 2.01. The van der Waals surface area contributed by atoms with Crippen molar-refractivity contribution < 1.29 is 19.1 Å². The molecule has 0 radical (unpaired) electrons. The number of thiophene rings is 1. The molecule has 0 atom stereocenters. The Morgan fingerprint density at radius 1 is 1.07 bits per heavy atom. The number of methoxy groups -OCH3 is 2. The van der Waals surface area contributed by atoms with Crippen LogP contribution < -0.4 is 9.47 Å². The van der Waals surface area contributed by atoms with Crippen LogP contribution in [0.4, 0.5) is 0 Å². The average Bonchev–Trinajstić information content (AvgIpc) is 3.26. The highest BCUT2D eigenvalue weighted by Crippen LogP contribution is 2.28. The zero-order chi connectivity index (χ0) is 22.1. The number of nitrogens with zero attached hydrogens (tertiary/aromatic N) is 2. The van der Waals surface area contributed by atoms with Gasteiger partial charge in [-0.25, -0.2) is 0 Å². The molecule has 2 amide bonds. The molecule has 0 bridgehead atoms. The lowest BCUT2D eigenvalue weighted by molar-refractivity contribution is -0.142. The maximum Gasteiger partial charge on any atom is 0.242 e. The number of carbonyl (C=O) groups is 2. The van der Waals surface area contributed by atoms with Crippen LogP contribution in [0.3, 0.4) is 0 Å². The lowest BCUT2D eigenvalue weighted by Gasteiger charge is -2.30. The Labute approximate surface area is 183 Å². The highest BCUT2D eigenvalue weighted by atomic mass is 32.1. The van der Waals surface area contributed by atoms with Crippen molar-refractivity contribution in [2.24, 2.45) is 0 Å². The minimum Gasteiger partial charge on any atom is -0.493 e. The van der Waals surface area contributed by atoms with Gasteiger partial charge >= 0.3 is 0 Å². The van der Waals surface area contributed by atoms with Crippen LogP contribution in [0.2, 0.25) is 0 Å². The Morgan fingerprint density at radius 2 is 1.80 bits per heavy atom.